The number of piperidine rings is 2. The number of hydrogen-bond donors (Lipinski definition) is 1. The zero-order chi connectivity index (χ0) is 13.0. The van der Waals surface area contributed by atoms with Crippen LogP contribution in [0.3, 0.4) is 0 Å². The molecule has 0 bridgehead atoms. The van der Waals surface area contributed by atoms with Crippen molar-refractivity contribution < 1.29 is 0 Å². The number of likely N-dealkylation sites (tertiary alicyclic amines) is 1. The van der Waals surface area contributed by atoms with Gasteiger partial charge in [0.25, 0.3) is 0 Å². The summed E-state index contributed by atoms with van der Waals surface area (Å²) in [4.78, 5) is 2.75. The summed E-state index contributed by atoms with van der Waals surface area (Å²) >= 11 is 0. The van der Waals surface area contributed by atoms with E-state index in [-0.39, 0.29) is 0 Å². The SMILES string of the molecule is CCC1(CN2CCC(C(C)C)CC2)CCCNC1. The molecule has 2 aliphatic rings. The lowest BCUT2D eigenvalue weighted by Gasteiger charge is -2.43. The molecule has 0 radical (unpaired) electrons. The summed E-state index contributed by atoms with van der Waals surface area (Å²) in [6, 6.07) is 0. The van der Waals surface area contributed by atoms with Crippen molar-refractivity contribution in [3.8, 4) is 0 Å². The molecule has 1 atom stereocenters. The van der Waals surface area contributed by atoms with Crippen LogP contribution >= 0.6 is 0 Å². The van der Waals surface area contributed by atoms with Crippen LogP contribution in [0.1, 0.15) is 52.9 Å². The lowest BCUT2D eigenvalue weighted by atomic mass is 9.77. The normalized spacial score (nSPS) is 32.0. The van der Waals surface area contributed by atoms with Crippen molar-refractivity contribution in [2.45, 2.75) is 52.9 Å². The smallest absolute Gasteiger partial charge is 0.00500 e. The van der Waals surface area contributed by atoms with Gasteiger partial charge >= 0.3 is 0 Å². The molecule has 2 rings (SSSR count). The Morgan fingerprint density at radius 3 is 2.50 bits per heavy atom. The summed E-state index contributed by atoms with van der Waals surface area (Å²) in [6.45, 7) is 13.6. The van der Waals surface area contributed by atoms with E-state index in [1.54, 1.807) is 0 Å². The van der Waals surface area contributed by atoms with E-state index in [2.05, 4.69) is 31.0 Å². The van der Waals surface area contributed by atoms with Crippen LogP contribution in [0.15, 0.2) is 0 Å². The van der Waals surface area contributed by atoms with Gasteiger partial charge < -0.3 is 10.2 Å². The first kappa shape index (κ1) is 14.3. The number of hydrogen-bond acceptors (Lipinski definition) is 2. The Bertz CT molecular complexity index is 235. The van der Waals surface area contributed by atoms with Gasteiger partial charge in [-0.25, -0.2) is 0 Å². The van der Waals surface area contributed by atoms with Gasteiger partial charge in [-0.15, -0.1) is 0 Å². The Kier molecular flexibility index (Phi) is 5.08. The van der Waals surface area contributed by atoms with E-state index < -0.39 is 0 Å². The molecule has 0 aliphatic carbocycles. The monoisotopic (exact) mass is 252 g/mol. The summed E-state index contributed by atoms with van der Waals surface area (Å²) in [6.07, 6.45) is 6.98. The molecule has 0 amide bonds. The van der Waals surface area contributed by atoms with Gasteiger partial charge in [-0.2, -0.15) is 0 Å². The largest absolute Gasteiger partial charge is 0.316 e. The van der Waals surface area contributed by atoms with Crippen molar-refractivity contribution in [1.29, 1.82) is 0 Å². The third-order valence-corrected chi connectivity index (χ3v) is 5.44. The highest BCUT2D eigenvalue weighted by atomic mass is 15.1. The van der Waals surface area contributed by atoms with Crippen LogP contribution in [0.25, 0.3) is 0 Å². The molecule has 0 saturated carbocycles. The Labute approximate surface area is 114 Å². The van der Waals surface area contributed by atoms with E-state index in [9.17, 15) is 0 Å². The van der Waals surface area contributed by atoms with Crippen molar-refractivity contribution in [1.82, 2.24) is 10.2 Å². The van der Waals surface area contributed by atoms with Crippen LogP contribution in [-0.4, -0.2) is 37.6 Å². The predicted molar refractivity (Wildman–Crippen MR) is 78.8 cm³/mol. The highest BCUT2D eigenvalue weighted by molar-refractivity contribution is 4.88. The second-order valence-corrected chi connectivity index (χ2v) is 6.99. The van der Waals surface area contributed by atoms with Crippen molar-refractivity contribution in [3.63, 3.8) is 0 Å². The van der Waals surface area contributed by atoms with Gasteiger partial charge in [0.05, 0.1) is 0 Å². The third-order valence-electron chi connectivity index (χ3n) is 5.44. The van der Waals surface area contributed by atoms with Crippen LogP contribution in [0.4, 0.5) is 0 Å². The minimum absolute atomic E-state index is 0.572. The Morgan fingerprint density at radius 1 is 1.28 bits per heavy atom. The molecule has 0 spiro atoms. The van der Waals surface area contributed by atoms with Crippen LogP contribution in [0.2, 0.25) is 0 Å². The average molecular weight is 252 g/mol. The fourth-order valence-electron chi connectivity index (χ4n) is 3.83. The minimum atomic E-state index is 0.572. The molecule has 2 fully saturated rings. The fraction of sp³-hybridized carbons (Fsp3) is 1.00. The maximum absolute atomic E-state index is 3.62. The molecular formula is C16H32N2. The molecule has 2 saturated heterocycles. The summed E-state index contributed by atoms with van der Waals surface area (Å²) < 4.78 is 0. The lowest BCUT2D eigenvalue weighted by Crippen LogP contribution is -2.49. The van der Waals surface area contributed by atoms with E-state index in [0.29, 0.717) is 5.41 Å². The minimum Gasteiger partial charge on any atom is -0.316 e. The van der Waals surface area contributed by atoms with E-state index >= 15 is 0 Å². The fourth-order valence-corrected chi connectivity index (χ4v) is 3.83. The molecule has 2 heteroatoms. The first-order valence-corrected chi connectivity index (χ1v) is 8.08. The summed E-state index contributed by atoms with van der Waals surface area (Å²) in [7, 11) is 0. The van der Waals surface area contributed by atoms with Gasteiger partial charge in [0, 0.05) is 13.1 Å². The number of rotatable bonds is 4. The van der Waals surface area contributed by atoms with Crippen molar-refractivity contribution in [2.75, 3.05) is 32.7 Å². The Morgan fingerprint density at radius 2 is 2.00 bits per heavy atom. The summed E-state index contributed by atoms with van der Waals surface area (Å²) in [5, 5.41) is 3.62. The second-order valence-electron chi connectivity index (χ2n) is 6.99. The summed E-state index contributed by atoms with van der Waals surface area (Å²) in [5.74, 6) is 1.85. The van der Waals surface area contributed by atoms with E-state index in [1.807, 2.05) is 0 Å². The molecule has 1 N–H and O–H groups in total. The Balaban J connectivity index is 1.82. The Hall–Kier alpha value is -0.0800. The molecule has 2 aliphatic heterocycles. The molecule has 0 aromatic heterocycles. The summed E-state index contributed by atoms with van der Waals surface area (Å²) in [5.41, 5.74) is 0.572. The average Bonchev–Trinajstić information content (AvgIpc) is 2.40. The van der Waals surface area contributed by atoms with Crippen LogP contribution in [0, 0.1) is 17.3 Å². The molecule has 2 nitrogen and oxygen atoms in total. The highest BCUT2D eigenvalue weighted by Crippen LogP contribution is 2.33. The van der Waals surface area contributed by atoms with Crippen LogP contribution in [-0.2, 0) is 0 Å². The van der Waals surface area contributed by atoms with Gasteiger partial charge in [0.15, 0.2) is 0 Å². The molecule has 18 heavy (non-hydrogen) atoms. The second kappa shape index (κ2) is 6.38. The van der Waals surface area contributed by atoms with Gasteiger partial charge in [-0.1, -0.05) is 20.8 Å². The van der Waals surface area contributed by atoms with E-state index in [0.717, 1.165) is 11.8 Å². The van der Waals surface area contributed by atoms with E-state index in [1.165, 1.54) is 64.8 Å². The maximum Gasteiger partial charge on any atom is 0.00500 e. The van der Waals surface area contributed by atoms with Gasteiger partial charge in [-0.3, -0.25) is 0 Å². The van der Waals surface area contributed by atoms with Crippen LogP contribution in [0.5, 0.6) is 0 Å². The van der Waals surface area contributed by atoms with Gasteiger partial charge in [0.1, 0.15) is 0 Å². The van der Waals surface area contributed by atoms with Crippen LogP contribution < -0.4 is 5.32 Å². The molecule has 0 aromatic rings. The standard InChI is InChI=1S/C16H32N2/c1-4-16(8-5-9-17-12-16)13-18-10-6-15(7-11-18)14(2)3/h14-15,17H,4-13H2,1-3H3. The number of nitrogens with zero attached hydrogens (tertiary/aromatic N) is 1. The van der Waals surface area contributed by atoms with Crippen molar-refractivity contribution in [3.05, 3.63) is 0 Å². The molecule has 106 valence electrons. The topological polar surface area (TPSA) is 15.3 Å². The molecule has 1 unspecified atom stereocenters. The van der Waals surface area contributed by atoms with E-state index in [4.69, 9.17) is 0 Å². The number of nitrogens with one attached hydrogen (secondary N) is 1. The molecule has 0 aromatic carbocycles. The first-order valence-electron chi connectivity index (χ1n) is 8.08. The third kappa shape index (κ3) is 3.48. The van der Waals surface area contributed by atoms with Gasteiger partial charge in [0.2, 0.25) is 0 Å². The zero-order valence-corrected chi connectivity index (χ0v) is 12.7. The van der Waals surface area contributed by atoms with Gasteiger partial charge in [-0.05, 0) is 69.0 Å². The zero-order valence-electron chi connectivity index (χ0n) is 12.7. The first-order chi connectivity index (χ1) is 8.65. The van der Waals surface area contributed by atoms with Crippen molar-refractivity contribution >= 4 is 0 Å². The maximum atomic E-state index is 3.62. The highest BCUT2D eigenvalue weighted by Gasteiger charge is 2.33. The lowest BCUT2D eigenvalue weighted by molar-refractivity contribution is 0.0767. The predicted octanol–water partition coefficient (Wildman–Crippen LogP) is 3.13. The van der Waals surface area contributed by atoms with Crippen molar-refractivity contribution in [2.24, 2.45) is 17.3 Å². The molecular weight excluding hydrogens is 220 g/mol. The molecule has 2 heterocycles. The quantitative estimate of drug-likeness (QED) is 0.827.